The summed E-state index contributed by atoms with van der Waals surface area (Å²) in [5, 5.41) is 8.84. The maximum atomic E-state index is 10.1. The highest BCUT2D eigenvalue weighted by molar-refractivity contribution is 5.59. The van der Waals surface area contributed by atoms with Gasteiger partial charge >= 0.3 is 0 Å². The summed E-state index contributed by atoms with van der Waals surface area (Å²) >= 11 is 0. The van der Waals surface area contributed by atoms with Crippen LogP contribution in [0.3, 0.4) is 0 Å². The van der Waals surface area contributed by atoms with Crippen LogP contribution in [0.25, 0.3) is 6.08 Å². The molecule has 0 saturated carbocycles. The predicted molar refractivity (Wildman–Crippen MR) is 56.9 cm³/mol. The second-order valence-corrected chi connectivity index (χ2v) is 2.98. The van der Waals surface area contributed by atoms with Gasteiger partial charge in [-0.05, 0) is 17.5 Å². The number of aliphatic hydroxyl groups excluding tert-OH is 1. The zero-order chi connectivity index (χ0) is 10.2. The van der Waals surface area contributed by atoms with Crippen LogP contribution in [0, 0.1) is 0 Å². The minimum Gasteiger partial charge on any atom is -0.396 e. The number of benzene rings is 1. The zero-order valence-electron chi connectivity index (χ0n) is 8.02. The molecule has 0 spiro atoms. The number of rotatable bonds is 5. The van der Waals surface area contributed by atoms with Crippen molar-refractivity contribution >= 4 is 12.4 Å². The molecule has 0 aliphatic heterocycles. The molecule has 0 amide bonds. The fourth-order valence-corrected chi connectivity index (χ4v) is 1.30. The van der Waals surface area contributed by atoms with Gasteiger partial charge in [0.2, 0.25) is 0 Å². The SMILES string of the molecule is O=CCC=Cc1ccccc1CCO. The van der Waals surface area contributed by atoms with Crippen molar-refractivity contribution in [3.8, 4) is 0 Å². The van der Waals surface area contributed by atoms with Gasteiger partial charge < -0.3 is 9.90 Å². The molecule has 0 fully saturated rings. The molecule has 0 radical (unpaired) electrons. The summed E-state index contributed by atoms with van der Waals surface area (Å²) in [4.78, 5) is 10.1. The van der Waals surface area contributed by atoms with Crippen molar-refractivity contribution in [1.29, 1.82) is 0 Å². The Balaban J connectivity index is 2.78. The van der Waals surface area contributed by atoms with Crippen LogP contribution in [0.4, 0.5) is 0 Å². The fraction of sp³-hybridized carbons (Fsp3) is 0.250. The molecule has 2 heteroatoms. The molecule has 0 heterocycles. The van der Waals surface area contributed by atoms with E-state index in [1.807, 2.05) is 36.4 Å². The van der Waals surface area contributed by atoms with Crippen molar-refractivity contribution in [2.24, 2.45) is 0 Å². The van der Waals surface area contributed by atoms with Gasteiger partial charge in [-0.15, -0.1) is 0 Å². The first-order valence-electron chi connectivity index (χ1n) is 4.67. The van der Waals surface area contributed by atoms with Gasteiger partial charge in [0.05, 0.1) is 0 Å². The second kappa shape index (κ2) is 6.11. The number of allylic oxidation sites excluding steroid dienone is 1. The van der Waals surface area contributed by atoms with Crippen molar-refractivity contribution in [3.63, 3.8) is 0 Å². The summed E-state index contributed by atoms with van der Waals surface area (Å²) in [6.07, 6.45) is 5.70. The molecule has 1 N–H and O–H groups in total. The van der Waals surface area contributed by atoms with Crippen LogP contribution >= 0.6 is 0 Å². The number of hydrogen-bond donors (Lipinski definition) is 1. The maximum absolute atomic E-state index is 10.1. The molecule has 0 saturated heterocycles. The van der Waals surface area contributed by atoms with Gasteiger partial charge in [0, 0.05) is 13.0 Å². The largest absolute Gasteiger partial charge is 0.396 e. The number of aldehydes is 1. The monoisotopic (exact) mass is 190 g/mol. The van der Waals surface area contributed by atoms with E-state index in [4.69, 9.17) is 5.11 Å². The van der Waals surface area contributed by atoms with E-state index in [0.29, 0.717) is 12.8 Å². The van der Waals surface area contributed by atoms with Crippen molar-refractivity contribution in [1.82, 2.24) is 0 Å². The minimum absolute atomic E-state index is 0.151. The minimum atomic E-state index is 0.151. The van der Waals surface area contributed by atoms with E-state index in [9.17, 15) is 4.79 Å². The molecule has 1 aromatic rings. The first-order chi connectivity index (χ1) is 6.88. The van der Waals surface area contributed by atoms with Gasteiger partial charge in [0.25, 0.3) is 0 Å². The first kappa shape index (κ1) is 10.7. The summed E-state index contributed by atoms with van der Waals surface area (Å²) in [5.74, 6) is 0. The van der Waals surface area contributed by atoms with Gasteiger partial charge in [-0.3, -0.25) is 0 Å². The Bertz CT molecular complexity index is 316. The van der Waals surface area contributed by atoms with Gasteiger partial charge in [-0.2, -0.15) is 0 Å². The third-order valence-corrected chi connectivity index (χ3v) is 1.97. The van der Waals surface area contributed by atoms with Gasteiger partial charge in [-0.25, -0.2) is 0 Å². The summed E-state index contributed by atoms with van der Waals surface area (Å²) in [5.41, 5.74) is 2.18. The van der Waals surface area contributed by atoms with Gasteiger partial charge in [-0.1, -0.05) is 36.4 Å². The Morgan fingerprint density at radius 1 is 1.29 bits per heavy atom. The average Bonchev–Trinajstić information content (AvgIpc) is 2.21. The van der Waals surface area contributed by atoms with Crippen LogP contribution in [0.15, 0.2) is 30.3 Å². The second-order valence-electron chi connectivity index (χ2n) is 2.98. The molecule has 2 nitrogen and oxygen atoms in total. The number of aliphatic hydroxyl groups is 1. The standard InChI is InChI=1S/C12H14O2/c13-9-4-3-7-11-5-1-2-6-12(11)8-10-14/h1-3,5-7,9,14H,4,8,10H2. The highest BCUT2D eigenvalue weighted by Crippen LogP contribution is 2.11. The predicted octanol–water partition coefficient (Wildman–Crippen LogP) is 1.82. The van der Waals surface area contributed by atoms with Crippen molar-refractivity contribution in [2.45, 2.75) is 12.8 Å². The number of carbonyl (C=O) groups excluding carboxylic acids is 1. The number of hydrogen-bond acceptors (Lipinski definition) is 2. The van der Waals surface area contributed by atoms with Crippen LogP contribution in [0.1, 0.15) is 17.5 Å². The molecule has 0 aliphatic carbocycles. The molecule has 0 atom stereocenters. The van der Waals surface area contributed by atoms with E-state index in [2.05, 4.69) is 0 Å². The van der Waals surface area contributed by atoms with E-state index in [-0.39, 0.29) is 6.61 Å². The maximum Gasteiger partial charge on any atom is 0.123 e. The third kappa shape index (κ3) is 3.15. The van der Waals surface area contributed by atoms with E-state index in [1.165, 1.54) is 0 Å². The molecule has 14 heavy (non-hydrogen) atoms. The average molecular weight is 190 g/mol. The molecule has 74 valence electrons. The van der Waals surface area contributed by atoms with Crippen LogP contribution in [0.2, 0.25) is 0 Å². The highest BCUT2D eigenvalue weighted by Gasteiger charge is 1.96. The fourth-order valence-electron chi connectivity index (χ4n) is 1.30. The summed E-state index contributed by atoms with van der Waals surface area (Å²) in [7, 11) is 0. The lowest BCUT2D eigenvalue weighted by Crippen LogP contribution is -1.93. The lowest BCUT2D eigenvalue weighted by atomic mass is 10.0. The lowest BCUT2D eigenvalue weighted by Gasteiger charge is -2.02. The Hall–Kier alpha value is -1.41. The van der Waals surface area contributed by atoms with Crippen molar-refractivity contribution in [3.05, 3.63) is 41.5 Å². The number of carbonyl (C=O) groups is 1. The van der Waals surface area contributed by atoms with Crippen LogP contribution in [-0.2, 0) is 11.2 Å². The van der Waals surface area contributed by atoms with Crippen molar-refractivity contribution in [2.75, 3.05) is 6.61 Å². The Kier molecular flexibility index (Phi) is 4.65. The van der Waals surface area contributed by atoms with Crippen LogP contribution in [-0.4, -0.2) is 18.0 Å². The van der Waals surface area contributed by atoms with E-state index >= 15 is 0 Å². The Labute approximate surface area is 83.9 Å². The van der Waals surface area contributed by atoms with E-state index in [0.717, 1.165) is 17.4 Å². The van der Waals surface area contributed by atoms with Gasteiger partial charge in [0.15, 0.2) is 0 Å². The van der Waals surface area contributed by atoms with E-state index in [1.54, 1.807) is 0 Å². The third-order valence-electron chi connectivity index (χ3n) is 1.97. The van der Waals surface area contributed by atoms with Gasteiger partial charge in [0.1, 0.15) is 6.29 Å². The molecule has 0 unspecified atom stereocenters. The topological polar surface area (TPSA) is 37.3 Å². The first-order valence-corrected chi connectivity index (χ1v) is 4.67. The zero-order valence-corrected chi connectivity index (χ0v) is 8.02. The summed E-state index contributed by atoms with van der Waals surface area (Å²) < 4.78 is 0. The molecular formula is C12H14O2. The molecule has 1 rings (SSSR count). The normalized spacial score (nSPS) is 10.6. The lowest BCUT2D eigenvalue weighted by molar-refractivity contribution is -0.107. The van der Waals surface area contributed by atoms with Crippen molar-refractivity contribution < 1.29 is 9.90 Å². The summed E-state index contributed by atoms with van der Waals surface area (Å²) in [6.45, 7) is 0.151. The van der Waals surface area contributed by atoms with Crippen LogP contribution in [0.5, 0.6) is 0 Å². The smallest absolute Gasteiger partial charge is 0.123 e. The Morgan fingerprint density at radius 2 is 2.07 bits per heavy atom. The quantitative estimate of drug-likeness (QED) is 0.719. The molecule has 0 bridgehead atoms. The van der Waals surface area contributed by atoms with E-state index < -0.39 is 0 Å². The Morgan fingerprint density at radius 3 is 2.79 bits per heavy atom. The molecular weight excluding hydrogens is 176 g/mol. The molecule has 0 aliphatic rings. The molecule has 0 aromatic heterocycles. The molecule has 1 aromatic carbocycles. The summed E-state index contributed by atoms with van der Waals surface area (Å²) in [6, 6.07) is 7.85. The highest BCUT2D eigenvalue weighted by atomic mass is 16.2. The van der Waals surface area contributed by atoms with Crippen LogP contribution < -0.4 is 0 Å².